The summed E-state index contributed by atoms with van der Waals surface area (Å²) in [6.07, 6.45) is 3.48. The molecule has 0 aliphatic heterocycles. The first-order valence-corrected chi connectivity index (χ1v) is 12.6. The third-order valence-corrected chi connectivity index (χ3v) is 7.26. The van der Waals surface area contributed by atoms with Gasteiger partial charge in [-0.05, 0) is 42.0 Å². The largest absolute Gasteiger partial charge is 0.305 e. The molecule has 0 saturated carbocycles. The van der Waals surface area contributed by atoms with Crippen molar-refractivity contribution in [2.75, 3.05) is 0 Å². The van der Waals surface area contributed by atoms with Gasteiger partial charge < -0.3 is 4.57 Å². The molecule has 0 aliphatic rings. The molecule has 0 amide bonds. The van der Waals surface area contributed by atoms with Crippen molar-refractivity contribution in [3.8, 4) is 0 Å². The van der Waals surface area contributed by atoms with Gasteiger partial charge in [0.25, 0.3) is 5.56 Å². The minimum Gasteiger partial charge on any atom is -0.305 e. The lowest BCUT2D eigenvalue weighted by Gasteiger charge is -2.10. The average Bonchev–Trinajstić information content (AvgIpc) is 3.48. The topological polar surface area (TPSA) is 65.1 Å². The Balaban J connectivity index is 1.38. The van der Waals surface area contributed by atoms with Gasteiger partial charge in [0, 0.05) is 35.9 Å². The van der Waals surface area contributed by atoms with Crippen LogP contribution in [0.5, 0.6) is 0 Å². The van der Waals surface area contributed by atoms with E-state index in [-0.39, 0.29) is 5.56 Å². The quantitative estimate of drug-likeness (QED) is 0.304. The highest BCUT2D eigenvalue weighted by Crippen LogP contribution is 2.24. The van der Waals surface area contributed by atoms with Crippen molar-refractivity contribution in [2.45, 2.75) is 37.2 Å². The van der Waals surface area contributed by atoms with Crippen molar-refractivity contribution in [1.29, 1.82) is 0 Å². The van der Waals surface area contributed by atoms with Gasteiger partial charge >= 0.3 is 0 Å². The molecule has 0 unspecified atom stereocenters. The Morgan fingerprint density at radius 3 is 2.73 bits per heavy atom. The molecule has 6 nitrogen and oxygen atoms in total. The lowest BCUT2D eigenvalue weighted by Crippen LogP contribution is -2.15. The number of nitrogens with zero attached hydrogens (tertiary/aromatic N) is 5. The smallest absolute Gasteiger partial charge is 0.258 e. The molecule has 0 N–H and O–H groups in total. The fraction of sp³-hybridized carbons (Fsp3) is 0.200. The van der Waals surface area contributed by atoms with Crippen LogP contribution in [-0.4, -0.2) is 24.1 Å². The molecule has 33 heavy (non-hydrogen) atoms. The maximum absolute atomic E-state index is 12.6. The van der Waals surface area contributed by atoms with E-state index in [1.54, 1.807) is 33.6 Å². The van der Waals surface area contributed by atoms with E-state index >= 15 is 0 Å². The van der Waals surface area contributed by atoms with Crippen molar-refractivity contribution < 1.29 is 0 Å². The van der Waals surface area contributed by atoms with Crippen LogP contribution >= 0.6 is 23.1 Å². The number of thioether (sulfide) groups is 1. The van der Waals surface area contributed by atoms with Gasteiger partial charge in [-0.25, -0.2) is 4.98 Å². The molecule has 0 spiro atoms. The highest BCUT2D eigenvalue weighted by Gasteiger charge is 2.15. The van der Waals surface area contributed by atoms with Crippen LogP contribution in [0, 0.1) is 6.92 Å². The van der Waals surface area contributed by atoms with E-state index in [1.807, 2.05) is 31.3 Å². The summed E-state index contributed by atoms with van der Waals surface area (Å²) in [5.74, 6) is 1.51. The van der Waals surface area contributed by atoms with Gasteiger partial charge in [0.05, 0.1) is 5.69 Å². The molecule has 5 rings (SSSR count). The van der Waals surface area contributed by atoms with Crippen LogP contribution in [0.3, 0.4) is 0 Å². The third-order valence-electron chi connectivity index (χ3n) is 5.38. The summed E-state index contributed by atoms with van der Waals surface area (Å²) in [5, 5.41) is 11.9. The van der Waals surface area contributed by atoms with Crippen LogP contribution < -0.4 is 5.56 Å². The van der Waals surface area contributed by atoms with Gasteiger partial charge in [0.15, 0.2) is 5.16 Å². The standard InChI is InChI=1S/C25H23N5OS2/c1-18-9-10-22-26-20(14-24(31)30(22)16-18)17-33-25-28-27-23(15-21-8-5-13-32-21)29(25)12-11-19-6-3-2-4-7-19/h2-10,13-14,16H,11-12,15,17H2,1H3. The predicted molar refractivity (Wildman–Crippen MR) is 133 cm³/mol. The lowest BCUT2D eigenvalue weighted by atomic mass is 10.1. The summed E-state index contributed by atoms with van der Waals surface area (Å²) < 4.78 is 3.79. The van der Waals surface area contributed by atoms with E-state index in [9.17, 15) is 4.79 Å². The Bertz CT molecular complexity index is 1420. The first-order chi connectivity index (χ1) is 16.2. The monoisotopic (exact) mass is 473 g/mol. The number of pyridine rings is 1. The summed E-state index contributed by atoms with van der Waals surface area (Å²) in [4.78, 5) is 18.5. The van der Waals surface area contributed by atoms with Crippen molar-refractivity contribution in [2.24, 2.45) is 0 Å². The zero-order chi connectivity index (χ0) is 22.6. The van der Waals surface area contributed by atoms with Gasteiger partial charge in [-0.2, -0.15) is 0 Å². The summed E-state index contributed by atoms with van der Waals surface area (Å²) in [7, 11) is 0. The summed E-state index contributed by atoms with van der Waals surface area (Å²) in [5.41, 5.74) is 3.64. The SMILES string of the molecule is Cc1ccc2nc(CSc3nnc(Cc4cccs4)n3CCc3ccccc3)cc(=O)n2c1. The molecule has 0 atom stereocenters. The fourth-order valence-electron chi connectivity index (χ4n) is 3.71. The van der Waals surface area contributed by atoms with Crippen molar-refractivity contribution in [1.82, 2.24) is 24.1 Å². The second-order valence-corrected chi connectivity index (χ2v) is 9.83. The van der Waals surface area contributed by atoms with Crippen LogP contribution in [0.15, 0.2) is 82.2 Å². The molecule has 5 aromatic rings. The molecule has 0 fully saturated rings. The first kappa shape index (κ1) is 21.6. The minimum atomic E-state index is -0.0665. The summed E-state index contributed by atoms with van der Waals surface area (Å²) in [6.45, 7) is 2.76. The Morgan fingerprint density at radius 2 is 1.91 bits per heavy atom. The molecule has 8 heteroatoms. The number of aryl methyl sites for hydroxylation is 2. The number of hydrogen-bond acceptors (Lipinski definition) is 6. The summed E-state index contributed by atoms with van der Waals surface area (Å²) >= 11 is 3.30. The lowest BCUT2D eigenvalue weighted by molar-refractivity contribution is 0.610. The highest BCUT2D eigenvalue weighted by molar-refractivity contribution is 7.98. The van der Waals surface area contributed by atoms with Crippen LogP contribution in [-0.2, 0) is 25.1 Å². The third kappa shape index (κ3) is 5.07. The Labute approximate surface area is 200 Å². The van der Waals surface area contributed by atoms with Gasteiger partial charge in [-0.1, -0.05) is 54.2 Å². The normalized spacial score (nSPS) is 11.3. The Morgan fingerprint density at radius 1 is 1.03 bits per heavy atom. The van der Waals surface area contributed by atoms with E-state index in [0.717, 1.165) is 41.6 Å². The zero-order valence-electron chi connectivity index (χ0n) is 18.2. The molecular formula is C25H23N5OS2. The molecule has 0 aliphatic carbocycles. The molecule has 166 valence electrons. The van der Waals surface area contributed by atoms with Crippen LogP contribution in [0.2, 0.25) is 0 Å². The number of thiophene rings is 1. The maximum atomic E-state index is 12.6. The van der Waals surface area contributed by atoms with Crippen molar-refractivity contribution >= 4 is 28.7 Å². The molecule has 1 aromatic carbocycles. The van der Waals surface area contributed by atoms with E-state index in [0.29, 0.717) is 11.4 Å². The second-order valence-electron chi connectivity index (χ2n) is 7.85. The number of aromatic nitrogens is 5. The molecule has 0 radical (unpaired) electrons. The Hall–Kier alpha value is -3.23. The minimum absolute atomic E-state index is 0.0665. The second kappa shape index (κ2) is 9.72. The summed E-state index contributed by atoms with van der Waals surface area (Å²) in [6, 6.07) is 20.1. The predicted octanol–water partition coefficient (Wildman–Crippen LogP) is 4.78. The number of fused-ring (bicyclic) bond motifs is 1. The first-order valence-electron chi connectivity index (χ1n) is 10.8. The van der Waals surface area contributed by atoms with E-state index < -0.39 is 0 Å². The molecular weight excluding hydrogens is 450 g/mol. The maximum Gasteiger partial charge on any atom is 0.258 e. The fourth-order valence-corrected chi connectivity index (χ4v) is 5.28. The van der Waals surface area contributed by atoms with Crippen LogP contribution in [0.25, 0.3) is 5.65 Å². The molecule has 0 saturated heterocycles. The number of hydrogen-bond donors (Lipinski definition) is 0. The number of rotatable bonds is 8. The van der Waals surface area contributed by atoms with Gasteiger partial charge in [0.1, 0.15) is 11.5 Å². The van der Waals surface area contributed by atoms with Gasteiger partial charge in [-0.3, -0.25) is 9.20 Å². The van der Waals surface area contributed by atoms with Gasteiger partial charge in [0.2, 0.25) is 0 Å². The highest BCUT2D eigenvalue weighted by atomic mass is 32.2. The van der Waals surface area contributed by atoms with Crippen molar-refractivity contribution in [3.63, 3.8) is 0 Å². The van der Waals surface area contributed by atoms with Crippen LogP contribution in [0.4, 0.5) is 0 Å². The Kier molecular flexibility index (Phi) is 6.37. The average molecular weight is 474 g/mol. The zero-order valence-corrected chi connectivity index (χ0v) is 19.9. The molecule has 0 bridgehead atoms. The molecule has 4 aromatic heterocycles. The van der Waals surface area contributed by atoms with E-state index in [4.69, 9.17) is 0 Å². The van der Waals surface area contributed by atoms with Crippen molar-refractivity contribution in [3.05, 3.63) is 110 Å². The van der Waals surface area contributed by atoms with Crippen LogP contribution in [0.1, 0.15) is 27.5 Å². The van der Waals surface area contributed by atoms with E-state index in [2.05, 4.69) is 61.5 Å². The number of benzene rings is 1. The van der Waals surface area contributed by atoms with E-state index in [1.165, 1.54) is 10.4 Å². The van der Waals surface area contributed by atoms with Gasteiger partial charge in [-0.15, -0.1) is 21.5 Å². The molecule has 4 heterocycles.